The monoisotopic (exact) mass is 434 g/mol. The molecule has 1 aromatic heterocycles. The number of aryl methyl sites for hydroxylation is 1. The fraction of sp³-hybridized carbons (Fsp3) is 0.462. The molecule has 6 heteroatoms. The zero-order valence-electron chi connectivity index (χ0n) is 19.6. The van der Waals surface area contributed by atoms with E-state index in [2.05, 4.69) is 40.8 Å². The summed E-state index contributed by atoms with van der Waals surface area (Å²) < 4.78 is 7.81. The fourth-order valence-corrected chi connectivity index (χ4v) is 4.56. The van der Waals surface area contributed by atoms with Gasteiger partial charge < -0.3 is 14.6 Å². The number of carbonyl (C=O) groups excluding carboxylic acids is 1. The van der Waals surface area contributed by atoms with Gasteiger partial charge in [0.25, 0.3) is 5.91 Å². The summed E-state index contributed by atoms with van der Waals surface area (Å²) in [5.41, 5.74) is 4.32. The van der Waals surface area contributed by atoms with Crippen molar-refractivity contribution in [3.8, 4) is 11.8 Å². The molecule has 3 rings (SSSR count). The maximum atomic E-state index is 13.0. The number of nitriles is 1. The molecule has 0 saturated carbocycles. The molecule has 1 saturated heterocycles. The third-order valence-corrected chi connectivity index (χ3v) is 6.26. The number of nitrogens with zero attached hydrogens (tertiary/aromatic N) is 3. The molecule has 1 amide bonds. The molecule has 0 bridgehead atoms. The van der Waals surface area contributed by atoms with Crippen LogP contribution in [0.5, 0.6) is 5.75 Å². The minimum atomic E-state index is -0.341. The van der Waals surface area contributed by atoms with Gasteiger partial charge in [-0.2, -0.15) is 5.26 Å². The van der Waals surface area contributed by atoms with E-state index in [1.54, 1.807) is 13.2 Å². The van der Waals surface area contributed by atoms with Gasteiger partial charge >= 0.3 is 0 Å². The third-order valence-electron chi connectivity index (χ3n) is 6.26. The summed E-state index contributed by atoms with van der Waals surface area (Å²) in [4.78, 5) is 15.3. The van der Waals surface area contributed by atoms with Crippen molar-refractivity contribution in [3.63, 3.8) is 0 Å². The zero-order chi connectivity index (χ0) is 23.1. The van der Waals surface area contributed by atoms with Gasteiger partial charge in [0.05, 0.1) is 13.2 Å². The standard InChI is InChI=1S/C26H34N4O2/c1-5-12-30-19(2)15-21(20(30)3)16-22(17-27)26(31)28-18-24(29-13-8-9-14-29)23-10-6-7-11-25(23)32-4/h6-7,10-11,15-16,24H,5,8-9,12-14,18H2,1-4H3,(H,28,31)/b22-16+. The average Bonchev–Trinajstić information content (AvgIpc) is 3.42. The van der Waals surface area contributed by atoms with Gasteiger partial charge in [-0.05, 0) is 70.0 Å². The molecule has 1 aliphatic heterocycles. The number of para-hydroxylation sites is 1. The van der Waals surface area contributed by atoms with Crippen LogP contribution in [0.3, 0.4) is 0 Å². The average molecular weight is 435 g/mol. The highest BCUT2D eigenvalue weighted by atomic mass is 16.5. The van der Waals surface area contributed by atoms with E-state index < -0.39 is 0 Å². The van der Waals surface area contributed by atoms with E-state index in [1.165, 1.54) is 0 Å². The molecular formula is C26H34N4O2. The Hall–Kier alpha value is -3.04. The zero-order valence-corrected chi connectivity index (χ0v) is 19.6. The van der Waals surface area contributed by atoms with E-state index >= 15 is 0 Å². The molecule has 2 heterocycles. The molecule has 32 heavy (non-hydrogen) atoms. The van der Waals surface area contributed by atoms with Crippen LogP contribution in [0.25, 0.3) is 6.08 Å². The van der Waals surface area contributed by atoms with E-state index in [1.807, 2.05) is 31.2 Å². The minimum Gasteiger partial charge on any atom is -0.496 e. The number of hydrogen-bond donors (Lipinski definition) is 1. The number of amides is 1. The van der Waals surface area contributed by atoms with Crippen LogP contribution in [-0.2, 0) is 11.3 Å². The van der Waals surface area contributed by atoms with Crippen LogP contribution in [-0.4, -0.2) is 42.1 Å². The number of likely N-dealkylation sites (tertiary alicyclic amines) is 1. The SMILES string of the molecule is CCCn1c(C)cc(/C=C(\C#N)C(=O)NCC(c2ccccc2OC)N2CCCC2)c1C. The van der Waals surface area contributed by atoms with Crippen molar-refractivity contribution in [3.05, 3.63) is 58.4 Å². The van der Waals surface area contributed by atoms with Gasteiger partial charge in [-0.15, -0.1) is 0 Å². The first kappa shape index (κ1) is 23.6. The normalized spacial score (nSPS) is 15.4. The first-order chi connectivity index (χ1) is 15.5. The molecule has 1 unspecified atom stereocenters. The highest BCUT2D eigenvalue weighted by Gasteiger charge is 2.26. The summed E-state index contributed by atoms with van der Waals surface area (Å²) in [6.45, 7) is 9.56. The van der Waals surface area contributed by atoms with Crippen molar-refractivity contribution in [1.29, 1.82) is 5.26 Å². The Bertz CT molecular complexity index is 1010. The van der Waals surface area contributed by atoms with Crippen molar-refractivity contribution >= 4 is 12.0 Å². The summed E-state index contributed by atoms with van der Waals surface area (Å²) in [5.74, 6) is 0.477. The van der Waals surface area contributed by atoms with Crippen molar-refractivity contribution in [2.24, 2.45) is 0 Å². The summed E-state index contributed by atoms with van der Waals surface area (Å²) >= 11 is 0. The van der Waals surface area contributed by atoms with Crippen LogP contribution in [0.1, 0.15) is 54.7 Å². The highest BCUT2D eigenvalue weighted by molar-refractivity contribution is 6.01. The number of rotatable bonds is 9. The topological polar surface area (TPSA) is 70.3 Å². The lowest BCUT2D eigenvalue weighted by molar-refractivity contribution is -0.117. The Balaban J connectivity index is 1.80. The molecule has 1 N–H and O–H groups in total. The molecule has 6 nitrogen and oxygen atoms in total. The molecule has 1 aliphatic rings. The van der Waals surface area contributed by atoms with E-state index in [-0.39, 0.29) is 17.5 Å². The summed E-state index contributed by atoms with van der Waals surface area (Å²) in [6.07, 6.45) is 5.04. The van der Waals surface area contributed by atoms with Crippen LogP contribution < -0.4 is 10.1 Å². The van der Waals surface area contributed by atoms with Gasteiger partial charge in [-0.1, -0.05) is 25.1 Å². The van der Waals surface area contributed by atoms with Gasteiger partial charge in [0.2, 0.25) is 0 Å². The predicted octanol–water partition coefficient (Wildman–Crippen LogP) is 4.38. The summed E-state index contributed by atoms with van der Waals surface area (Å²) in [5, 5.41) is 12.7. The number of methoxy groups -OCH3 is 1. The van der Waals surface area contributed by atoms with Gasteiger partial charge in [0, 0.05) is 30.0 Å². The van der Waals surface area contributed by atoms with Gasteiger partial charge in [-0.3, -0.25) is 9.69 Å². The molecule has 2 aromatic rings. The highest BCUT2D eigenvalue weighted by Crippen LogP contribution is 2.31. The number of carbonyl (C=O) groups is 1. The maximum absolute atomic E-state index is 13.0. The quantitative estimate of drug-likeness (QED) is 0.470. The number of ether oxygens (including phenoxy) is 1. The van der Waals surface area contributed by atoms with Crippen LogP contribution in [0, 0.1) is 25.2 Å². The smallest absolute Gasteiger partial charge is 0.262 e. The Morgan fingerprint density at radius 2 is 2.00 bits per heavy atom. The van der Waals surface area contributed by atoms with Gasteiger partial charge in [-0.25, -0.2) is 0 Å². The van der Waals surface area contributed by atoms with Crippen molar-refractivity contribution in [2.75, 3.05) is 26.7 Å². The van der Waals surface area contributed by atoms with E-state index in [0.29, 0.717) is 6.54 Å². The molecule has 0 radical (unpaired) electrons. The lowest BCUT2D eigenvalue weighted by Crippen LogP contribution is -2.37. The second-order valence-electron chi connectivity index (χ2n) is 8.36. The molecule has 0 aliphatic carbocycles. The van der Waals surface area contributed by atoms with Crippen molar-refractivity contribution in [1.82, 2.24) is 14.8 Å². The van der Waals surface area contributed by atoms with E-state index in [0.717, 1.165) is 67.2 Å². The van der Waals surface area contributed by atoms with Crippen molar-refractivity contribution < 1.29 is 9.53 Å². The molecular weight excluding hydrogens is 400 g/mol. The van der Waals surface area contributed by atoms with Crippen LogP contribution >= 0.6 is 0 Å². The van der Waals surface area contributed by atoms with E-state index in [4.69, 9.17) is 4.74 Å². The predicted molar refractivity (Wildman–Crippen MR) is 127 cm³/mol. The van der Waals surface area contributed by atoms with Gasteiger partial charge in [0.15, 0.2) is 0 Å². The number of benzene rings is 1. The maximum Gasteiger partial charge on any atom is 0.262 e. The fourth-order valence-electron chi connectivity index (χ4n) is 4.56. The number of nitrogens with one attached hydrogen (secondary N) is 1. The van der Waals surface area contributed by atoms with Crippen LogP contribution in [0.2, 0.25) is 0 Å². The molecule has 1 atom stereocenters. The summed E-state index contributed by atoms with van der Waals surface area (Å²) in [7, 11) is 1.67. The second kappa shape index (κ2) is 11.0. The Labute approximate surface area is 191 Å². The van der Waals surface area contributed by atoms with E-state index in [9.17, 15) is 10.1 Å². The Morgan fingerprint density at radius 1 is 1.28 bits per heavy atom. The third kappa shape index (κ3) is 5.23. The van der Waals surface area contributed by atoms with Gasteiger partial charge in [0.1, 0.15) is 17.4 Å². The second-order valence-corrected chi connectivity index (χ2v) is 8.36. The minimum absolute atomic E-state index is 0.00663. The molecule has 1 fully saturated rings. The van der Waals surface area contributed by atoms with Crippen LogP contribution in [0.15, 0.2) is 35.9 Å². The molecule has 170 valence electrons. The Morgan fingerprint density at radius 3 is 2.66 bits per heavy atom. The summed E-state index contributed by atoms with van der Waals surface area (Å²) in [6, 6.07) is 12.1. The molecule has 0 spiro atoms. The van der Waals surface area contributed by atoms with Crippen LogP contribution in [0.4, 0.5) is 0 Å². The van der Waals surface area contributed by atoms with Crippen molar-refractivity contribution in [2.45, 2.75) is 52.6 Å². The number of aromatic nitrogens is 1. The molecule has 1 aromatic carbocycles. The largest absolute Gasteiger partial charge is 0.496 e. The lowest BCUT2D eigenvalue weighted by Gasteiger charge is -2.29. The number of hydrogen-bond acceptors (Lipinski definition) is 4. The first-order valence-electron chi connectivity index (χ1n) is 11.4. The first-order valence-corrected chi connectivity index (χ1v) is 11.4. The Kier molecular flexibility index (Phi) is 8.13. The lowest BCUT2D eigenvalue weighted by atomic mass is 10.0.